The lowest BCUT2D eigenvalue weighted by Crippen LogP contribution is -1.95. The molecule has 0 unspecified atom stereocenters. The number of rotatable bonds is 4. The Labute approximate surface area is 95.4 Å². The first-order valence-corrected chi connectivity index (χ1v) is 3.90. The summed E-state index contributed by atoms with van der Waals surface area (Å²) in [6, 6.07) is 3.81. The molecule has 0 radical (unpaired) electrons. The second kappa shape index (κ2) is 8.78. The highest BCUT2D eigenvalue weighted by Crippen LogP contribution is 2.02. The molecule has 1 aromatic rings. The summed E-state index contributed by atoms with van der Waals surface area (Å²) < 4.78 is 0. The van der Waals surface area contributed by atoms with E-state index >= 15 is 0 Å². The summed E-state index contributed by atoms with van der Waals surface area (Å²) in [6.45, 7) is 0. The predicted octanol–water partition coefficient (Wildman–Crippen LogP) is 2.33. The molecule has 1 rings (SSSR count). The molecule has 0 aromatic carbocycles. The summed E-state index contributed by atoms with van der Waals surface area (Å²) in [5.74, 6) is -0.737. The first kappa shape index (κ1) is 15.7. The van der Waals surface area contributed by atoms with Gasteiger partial charge in [0.2, 0.25) is 0 Å². The Morgan fingerprint density at radius 1 is 1.43 bits per heavy atom. The lowest BCUT2D eigenvalue weighted by molar-refractivity contribution is -0.137. The van der Waals surface area contributed by atoms with Gasteiger partial charge in [-0.3, -0.25) is 9.78 Å². The number of aromatic nitrogens is 1. The number of aliphatic carboxylic acids is 1. The number of hydrogen-bond donors (Lipinski definition) is 1. The van der Waals surface area contributed by atoms with Gasteiger partial charge in [-0.2, -0.15) is 0 Å². The van der Waals surface area contributed by atoms with Gasteiger partial charge in [0.05, 0.1) is 0 Å². The number of carboxylic acids is 1. The molecule has 0 saturated carbocycles. The molecule has 0 atom stereocenters. The maximum absolute atomic E-state index is 10.2. The minimum atomic E-state index is -0.737. The monoisotopic (exact) mass is 237 g/mol. The lowest BCUT2D eigenvalue weighted by Gasteiger charge is -1.96. The average Bonchev–Trinajstić information content (AvgIpc) is 2.05. The van der Waals surface area contributed by atoms with Gasteiger partial charge < -0.3 is 5.11 Å². The molecular formula is C9H13Cl2NO2. The fraction of sp³-hybridized carbons (Fsp3) is 0.333. The summed E-state index contributed by atoms with van der Waals surface area (Å²) in [5.41, 5.74) is 1.10. The van der Waals surface area contributed by atoms with Crippen LogP contribution in [0.3, 0.4) is 0 Å². The second-order valence-corrected chi connectivity index (χ2v) is 2.61. The molecule has 0 aliphatic rings. The van der Waals surface area contributed by atoms with Crippen molar-refractivity contribution in [3.8, 4) is 0 Å². The quantitative estimate of drug-likeness (QED) is 0.875. The molecular weight excluding hydrogens is 225 g/mol. The molecule has 1 heterocycles. The van der Waals surface area contributed by atoms with Crippen LogP contribution in [-0.2, 0) is 11.2 Å². The van der Waals surface area contributed by atoms with Crippen LogP contribution in [0.4, 0.5) is 0 Å². The third-order valence-corrected chi connectivity index (χ3v) is 1.58. The standard InChI is InChI=1S/C9H11NO2.2ClH/c11-9(12)5-1-3-8-4-2-6-10-7-8;;/h2,4,6-7H,1,3,5H2,(H,11,12);2*1H. The minimum Gasteiger partial charge on any atom is -0.481 e. The van der Waals surface area contributed by atoms with E-state index < -0.39 is 5.97 Å². The summed E-state index contributed by atoms with van der Waals surface area (Å²) in [5, 5.41) is 8.38. The molecule has 0 aliphatic heterocycles. The van der Waals surface area contributed by atoms with Gasteiger partial charge in [0.25, 0.3) is 0 Å². The van der Waals surface area contributed by atoms with Gasteiger partial charge in [-0.1, -0.05) is 6.07 Å². The van der Waals surface area contributed by atoms with Gasteiger partial charge in [0, 0.05) is 18.8 Å². The average molecular weight is 238 g/mol. The Morgan fingerprint density at radius 3 is 2.64 bits per heavy atom. The molecule has 0 fully saturated rings. The van der Waals surface area contributed by atoms with Crippen molar-refractivity contribution in [2.75, 3.05) is 0 Å². The van der Waals surface area contributed by atoms with E-state index in [4.69, 9.17) is 5.11 Å². The molecule has 0 spiro atoms. The van der Waals surface area contributed by atoms with Crippen LogP contribution in [0.2, 0.25) is 0 Å². The van der Waals surface area contributed by atoms with E-state index in [1.807, 2.05) is 12.1 Å². The van der Waals surface area contributed by atoms with Crippen LogP contribution in [0, 0.1) is 0 Å². The van der Waals surface area contributed by atoms with E-state index in [-0.39, 0.29) is 31.2 Å². The Balaban J connectivity index is 0. The number of halogens is 2. The fourth-order valence-electron chi connectivity index (χ4n) is 0.990. The van der Waals surface area contributed by atoms with Crippen molar-refractivity contribution in [1.29, 1.82) is 0 Å². The Hall–Kier alpha value is -0.800. The zero-order valence-corrected chi connectivity index (χ0v) is 9.18. The minimum absolute atomic E-state index is 0. The van der Waals surface area contributed by atoms with Crippen molar-refractivity contribution in [1.82, 2.24) is 4.98 Å². The van der Waals surface area contributed by atoms with Crippen LogP contribution in [0.5, 0.6) is 0 Å². The molecule has 80 valence electrons. The highest BCUT2D eigenvalue weighted by atomic mass is 35.5. The summed E-state index contributed by atoms with van der Waals surface area (Å²) in [7, 11) is 0. The third kappa shape index (κ3) is 6.69. The van der Waals surface area contributed by atoms with Crippen LogP contribution in [0.15, 0.2) is 24.5 Å². The largest absolute Gasteiger partial charge is 0.481 e. The number of hydrogen-bond acceptors (Lipinski definition) is 2. The van der Waals surface area contributed by atoms with Crippen molar-refractivity contribution >= 4 is 30.8 Å². The maximum Gasteiger partial charge on any atom is 0.303 e. The van der Waals surface area contributed by atoms with Crippen molar-refractivity contribution in [2.45, 2.75) is 19.3 Å². The van der Waals surface area contributed by atoms with E-state index in [1.54, 1.807) is 12.4 Å². The first-order chi connectivity index (χ1) is 5.79. The second-order valence-electron chi connectivity index (χ2n) is 2.61. The number of carbonyl (C=O) groups is 1. The molecule has 0 bridgehead atoms. The van der Waals surface area contributed by atoms with Crippen LogP contribution >= 0.6 is 24.8 Å². The van der Waals surface area contributed by atoms with Gasteiger partial charge >= 0.3 is 5.97 Å². The van der Waals surface area contributed by atoms with Crippen LogP contribution < -0.4 is 0 Å². The highest BCUT2D eigenvalue weighted by Gasteiger charge is 1.97. The summed E-state index contributed by atoms with van der Waals surface area (Å²) >= 11 is 0. The number of aryl methyl sites for hydroxylation is 1. The molecule has 3 nitrogen and oxygen atoms in total. The van der Waals surface area contributed by atoms with Crippen molar-refractivity contribution in [2.24, 2.45) is 0 Å². The summed E-state index contributed by atoms with van der Waals surface area (Å²) in [6.07, 6.45) is 5.18. The Kier molecular flexibility index (Phi) is 9.83. The van der Waals surface area contributed by atoms with Crippen molar-refractivity contribution < 1.29 is 9.90 Å². The SMILES string of the molecule is Cl.Cl.O=C(O)CCCc1cccnc1. The first-order valence-electron chi connectivity index (χ1n) is 3.90. The smallest absolute Gasteiger partial charge is 0.303 e. The molecule has 0 aliphatic carbocycles. The van der Waals surface area contributed by atoms with Crippen LogP contribution in [-0.4, -0.2) is 16.1 Å². The Bertz CT molecular complexity index is 254. The van der Waals surface area contributed by atoms with Gasteiger partial charge in [-0.05, 0) is 24.5 Å². The van der Waals surface area contributed by atoms with Gasteiger partial charge in [0.15, 0.2) is 0 Å². The lowest BCUT2D eigenvalue weighted by atomic mass is 10.1. The van der Waals surface area contributed by atoms with E-state index in [9.17, 15) is 4.79 Å². The molecule has 5 heteroatoms. The molecule has 1 aromatic heterocycles. The van der Waals surface area contributed by atoms with E-state index in [0.717, 1.165) is 12.0 Å². The zero-order chi connectivity index (χ0) is 8.81. The molecule has 0 amide bonds. The normalized spacial score (nSPS) is 8.29. The molecule has 1 N–H and O–H groups in total. The van der Waals surface area contributed by atoms with Gasteiger partial charge in [0.1, 0.15) is 0 Å². The van der Waals surface area contributed by atoms with E-state index in [0.29, 0.717) is 6.42 Å². The number of pyridine rings is 1. The number of nitrogens with zero attached hydrogens (tertiary/aromatic N) is 1. The van der Waals surface area contributed by atoms with Gasteiger partial charge in [-0.15, -0.1) is 24.8 Å². The van der Waals surface area contributed by atoms with E-state index in [1.165, 1.54) is 0 Å². The highest BCUT2D eigenvalue weighted by molar-refractivity contribution is 5.85. The predicted molar refractivity (Wildman–Crippen MR) is 59.3 cm³/mol. The Morgan fingerprint density at radius 2 is 2.14 bits per heavy atom. The van der Waals surface area contributed by atoms with Crippen molar-refractivity contribution in [3.05, 3.63) is 30.1 Å². The zero-order valence-electron chi connectivity index (χ0n) is 7.55. The number of carboxylic acid groups (broad SMARTS) is 1. The maximum atomic E-state index is 10.2. The summed E-state index contributed by atoms with van der Waals surface area (Å²) in [4.78, 5) is 14.1. The molecule has 14 heavy (non-hydrogen) atoms. The van der Waals surface area contributed by atoms with E-state index in [2.05, 4.69) is 4.98 Å². The van der Waals surface area contributed by atoms with Crippen molar-refractivity contribution in [3.63, 3.8) is 0 Å². The van der Waals surface area contributed by atoms with Crippen LogP contribution in [0.1, 0.15) is 18.4 Å². The van der Waals surface area contributed by atoms with Crippen LogP contribution in [0.25, 0.3) is 0 Å². The fourth-order valence-corrected chi connectivity index (χ4v) is 0.990. The molecule has 0 saturated heterocycles. The third-order valence-electron chi connectivity index (χ3n) is 1.58. The van der Waals surface area contributed by atoms with Gasteiger partial charge in [-0.25, -0.2) is 0 Å². The topological polar surface area (TPSA) is 50.2 Å².